The van der Waals surface area contributed by atoms with Crippen LogP contribution in [0.4, 0.5) is 0 Å². The van der Waals surface area contributed by atoms with Gasteiger partial charge in [-0.05, 0) is 64.8 Å². The molecule has 0 aliphatic rings. The summed E-state index contributed by atoms with van der Waals surface area (Å²) in [5.74, 6) is 0.138. The zero-order chi connectivity index (χ0) is 19.1. The van der Waals surface area contributed by atoms with Crippen LogP contribution in [-0.2, 0) is 15.8 Å². The van der Waals surface area contributed by atoms with E-state index in [4.69, 9.17) is 4.74 Å². The third kappa shape index (κ3) is 8.55. The minimum Gasteiger partial charge on any atom is -0.716 e. The first-order valence-electron chi connectivity index (χ1n) is 7.66. The summed E-state index contributed by atoms with van der Waals surface area (Å²) in [4.78, 5) is 0. The molecular formula is C18H22IO5S-. The molecule has 0 bridgehead atoms. The number of hydrogen-bond donors (Lipinski definition) is 0. The van der Waals surface area contributed by atoms with Crippen molar-refractivity contribution in [1.82, 2.24) is 0 Å². The van der Waals surface area contributed by atoms with Crippen molar-refractivity contribution in [3.8, 4) is 11.5 Å². The van der Waals surface area contributed by atoms with Crippen molar-refractivity contribution >= 4 is 33.0 Å². The first-order valence-corrected chi connectivity index (χ1v) is 10.1. The Morgan fingerprint density at radius 3 is 1.96 bits per heavy atom. The van der Waals surface area contributed by atoms with Gasteiger partial charge >= 0.3 is 0 Å². The van der Waals surface area contributed by atoms with Gasteiger partial charge in [-0.25, -0.2) is 8.42 Å². The lowest BCUT2D eigenvalue weighted by Crippen LogP contribution is -2.10. The zero-order valence-electron chi connectivity index (χ0n) is 14.7. The monoisotopic (exact) mass is 477 g/mol. The van der Waals surface area contributed by atoms with E-state index in [9.17, 15) is 13.0 Å². The minimum atomic E-state index is -4.75. The molecule has 0 saturated carbocycles. The Balaban J connectivity index is 0.000000257. The van der Waals surface area contributed by atoms with Crippen LogP contribution in [0.15, 0.2) is 48.5 Å². The normalized spacial score (nSPS) is 11.3. The van der Waals surface area contributed by atoms with Crippen LogP contribution >= 0.6 is 22.6 Å². The highest BCUT2D eigenvalue weighted by Gasteiger charge is 2.12. The Kier molecular flexibility index (Phi) is 8.17. The summed E-state index contributed by atoms with van der Waals surface area (Å²) in [5, 5.41) is 0. The summed E-state index contributed by atoms with van der Waals surface area (Å²) in [6, 6.07) is 14.8. The van der Waals surface area contributed by atoms with Crippen molar-refractivity contribution in [2.24, 2.45) is 0 Å². The van der Waals surface area contributed by atoms with E-state index in [1.54, 1.807) is 19.1 Å². The minimum absolute atomic E-state index is 0.0932. The maximum absolute atomic E-state index is 10.3. The van der Waals surface area contributed by atoms with Crippen LogP contribution in [-0.4, -0.2) is 19.6 Å². The van der Waals surface area contributed by atoms with Crippen molar-refractivity contribution in [2.75, 3.05) is 6.61 Å². The third-order valence-corrected chi connectivity index (χ3v) is 4.15. The lowest BCUT2D eigenvalue weighted by Gasteiger charge is -2.18. The molecule has 0 heterocycles. The average molecular weight is 477 g/mol. The van der Waals surface area contributed by atoms with Gasteiger partial charge in [-0.1, -0.05) is 45.0 Å². The van der Waals surface area contributed by atoms with Crippen molar-refractivity contribution in [3.05, 3.63) is 57.7 Å². The summed E-state index contributed by atoms with van der Waals surface area (Å²) >= 11 is 2.32. The van der Waals surface area contributed by atoms with Crippen LogP contribution in [0.1, 0.15) is 33.3 Å². The van der Waals surface area contributed by atoms with Crippen molar-refractivity contribution in [3.63, 3.8) is 0 Å². The van der Waals surface area contributed by atoms with Crippen molar-refractivity contribution < 1.29 is 21.9 Å². The molecule has 0 saturated heterocycles. The predicted molar refractivity (Wildman–Crippen MR) is 106 cm³/mol. The second kappa shape index (κ2) is 9.40. The van der Waals surface area contributed by atoms with Gasteiger partial charge in [0, 0.05) is 3.57 Å². The largest absolute Gasteiger partial charge is 0.716 e. The van der Waals surface area contributed by atoms with E-state index in [1.165, 1.54) is 21.3 Å². The molecule has 2 rings (SSSR count). The second-order valence-corrected chi connectivity index (χ2v) is 8.36. The highest BCUT2D eigenvalue weighted by molar-refractivity contribution is 14.1. The van der Waals surface area contributed by atoms with Crippen LogP contribution in [0.2, 0.25) is 0 Å². The molecule has 0 unspecified atom stereocenters. The van der Waals surface area contributed by atoms with Crippen molar-refractivity contribution in [1.29, 1.82) is 0 Å². The van der Waals surface area contributed by atoms with Crippen LogP contribution < -0.4 is 8.92 Å². The third-order valence-electron chi connectivity index (χ3n) is 3.05. The van der Waals surface area contributed by atoms with Gasteiger partial charge in [0.1, 0.15) is 0 Å². The van der Waals surface area contributed by atoms with Crippen LogP contribution in [0.3, 0.4) is 0 Å². The maximum Gasteiger partial charge on any atom is 0.262 e. The number of benzene rings is 2. The van der Waals surface area contributed by atoms with Gasteiger partial charge in [-0.3, -0.25) is 0 Å². The molecular weight excluding hydrogens is 455 g/mol. The molecule has 2 aromatic rings. The lowest BCUT2D eigenvalue weighted by molar-refractivity contribution is 0.317. The Morgan fingerprint density at radius 1 is 1.00 bits per heavy atom. The topological polar surface area (TPSA) is 75.7 Å². The van der Waals surface area contributed by atoms with Crippen LogP contribution in [0, 0.1) is 3.57 Å². The Morgan fingerprint density at radius 2 is 1.52 bits per heavy atom. The predicted octanol–water partition coefficient (Wildman–Crippen LogP) is 4.51. The Bertz CT molecular complexity index is 765. The van der Waals surface area contributed by atoms with Gasteiger partial charge in [-0.2, -0.15) is 0 Å². The molecule has 7 heteroatoms. The summed E-state index contributed by atoms with van der Waals surface area (Å²) in [6.45, 7) is 8.79. The van der Waals surface area contributed by atoms with E-state index < -0.39 is 10.4 Å². The summed E-state index contributed by atoms with van der Waals surface area (Å²) < 4.78 is 41.5. The summed E-state index contributed by atoms with van der Waals surface area (Å²) in [5.41, 5.74) is 1.68. The highest BCUT2D eigenvalue weighted by atomic mass is 127. The first kappa shape index (κ1) is 21.7. The fourth-order valence-electron chi connectivity index (χ4n) is 1.85. The molecule has 138 valence electrons. The highest BCUT2D eigenvalue weighted by Crippen LogP contribution is 2.27. The fraction of sp³-hybridized carbons (Fsp3) is 0.333. The quantitative estimate of drug-likeness (QED) is 0.368. The molecule has 0 fully saturated rings. The zero-order valence-corrected chi connectivity index (χ0v) is 17.6. The standard InChI is InChI=1S/C10H13I.C8H10O5S/c1-10(2,3)8-4-6-9(11)7-5-8;1-2-12-7-5-3-4-6-8(7)13-14(9,10)11/h4-7H,1-3H3;3-6H,2H2,1H3,(H,9,10,11)/p-1. The molecule has 25 heavy (non-hydrogen) atoms. The average Bonchev–Trinajstić information content (AvgIpc) is 2.48. The van der Waals surface area contributed by atoms with Gasteiger partial charge in [0.25, 0.3) is 10.4 Å². The molecule has 0 aromatic heterocycles. The van der Waals surface area contributed by atoms with Gasteiger partial charge in [0.2, 0.25) is 0 Å². The molecule has 0 atom stereocenters. The molecule has 2 aromatic carbocycles. The molecule has 0 aliphatic heterocycles. The molecule has 5 nitrogen and oxygen atoms in total. The molecule has 0 spiro atoms. The van der Waals surface area contributed by atoms with Crippen LogP contribution in [0.5, 0.6) is 11.5 Å². The SMILES string of the molecule is CC(C)(C)c1ccc(I)cc1.CCOc1ccccc1OS(=O)(=O)[O-]. The summed E-state index contributed by atoms with van der Waals surface area (Å²) in [7, 11) is -4.75. The van der Waals surface area contributed by atoms with E-state index in [0.29, 0.717) is 6.61 Å². The van der Waals surface area contributed by atoms with Gasteiger partial charge in [0.15, 0.2) is 11.5 Å². The van der Waals surface area contributed by atoms with Gasteiger partial charge in [-0.15, -0.1) is 0 Å². The molecule has 0 N–H and O–H groups in total. The molecule has 0 aliphatic carbocycles. The van der Waals surface area contributed by atoms with E-state index in [1.807, 2.05) is 0 Å². The van der Waals surface area contributed by atoms with E-state index in [0.717, 1.165) is 0 Å². The maximum atomic E-state index is 10.3. The van der Waals surface area contributed by atoms with Gasteiger partial charge in [0.05, 0.1) is 6.61 Å². The number of hydrogen-bond acceptors (Lipinski definition) is 5. The van der Waals surface area contributed by atoms with Gasteiger partial charge < -0.3 is 13.5 Å². The molecule has 0 radical (unpaired) electrons. The molecule has 0 amide bonds. The fourth-order valence-corrected chi connectivity index (χ4v) is 2.57. The second-order valence-electron chi connectivity index (χ2n) is 6.13. The lowest BCUT2D eigenvalue weighted by atomic mass is 9.87. The van der Waals surface area contributed by atoms with E-state index >= 15 is 0 Å². The first-order chi connectivity index (χ1) is 11.5. The van der Waals surface area contributed by atoms with Crippen LogP contribution in [0.25, 0.3) is 0 Å². The number of rotatable bonds is 4. The van der Waals surface area contributed by atoms with E-state index in [2.05, 4.69) is 71.8 Å². The van der Waals surface area contributed by atoms with Crippen molar-refractivity contribution in [2.45, 2.75) is 33.1 Å². The Hall–Kier alpha value is -1.32. The number of ether oxygens (including phenoxy) is 1. The smallest absolute Gasteiger partial charge is 0.262 e. The summed E-state index contributed by atoms with van der Waals surface area (Å²) in [6.07, 6.45) is 0. The number of para-hydroxylation sites is 2. The van der Waals surface area contributed by atoms with E-state index in [-0.39, 0.29) is 16.9 Å². The number of halogens is 1. The Labute approximate surface area is 163 Å².